The fourth-order valence-electron chi connectivity index (χ4n) is 3.78. The molecule has 2 atom stereocenters. The van der Waals surface area contributed by atoms with E-state index in [0.29, 0.717) is 6.54 Å². The predicted octanol–water partition coefficient (Wildman–Crippen LogP) is 4.76. The third-order valence-corrected chi connectivity index (χ3v) is 5.15. The number of ether oxygens (including phenoxy) is 2. The maximum absolute atomic E-state index is 6.60. The molecule has 3 nitrogen and oxygen atoms in total. The van der Waals surface area contributed by atoms with E-state index in [2.05, 4.69) is 71.6 Å². The van der Waals surface area contributed by atoms with Crippen LogP contribution in [-0.2, 0) is 21.8 Å². The second kappa shape index (κ2) is 8.05. The van der Waals surface area contributed by atoms with Crippen molar-refractivity contribution in [1.82, 2.24) is 4.90 Å². The van der Waals surface area contributed by atoms with E-state index in [1.165, 1.54) is 11.1 Å². The Kier molecular flexibility index (Phi) is 5.35. The SMILES string of the molecule is COC1(c2ccccc2)CN(Cc2ccccc2)CC(c2ccccc2)O1. The van der Waals surface area contributed by atoms with Crippen molar-refractivity contribution in [2.45, 2.75) is 18.4 Å². The monoisotopic (exact) mass is 359 g/mol. The molecule has 0 saturated carbocycles. The normalized spacial score (nSPS) is 23.2. The topological polar surface area (TPSA) is 21.7 Å². The van der Waals surface area contributed by atoms with E-state index in [9.17, 15) is 0 Å². The van der Waals surface area contributed by atoms with Crippen molar-refractivity contribution in [1.29, 1.82) is 0 Å². The molecule has 0 aliphatic carbocycles. The average Bonchev–Trinajstić information content (AvgIpc) is 2.75. The third-order valence-electron chi connectivity index (χ3n) is 5.15. The van der Waals surface area contributed by atoms with Crippen LogP contribution in [0.25, 0.3) is 0 Å². The second-order valence-electron chi connectivity index (χ2n) is 7.00. The largest absolute Gasteiger partial charge is 0.348 e. The van der Waals surface area contributed by atoms with Crippen molar-refractivity contribution >= 4 is 0 Å². The van der Waals surface area contributed by atoms with Crippen LogP contribution >= 0.6 is 0 Å². The van der Waals surface area contributed by atoms with Gasteiger partial charge in [0.2, 0.25) is 5.79 Å². The first-order chi connectivity index (χ1) is 13.3. The maximum atomic E-state index is 6.60. The molecule has 1 fully saturated rings. The molecule has 4 rings (SSSR count). The van der Waals surface area contributed by atoms with Crippen molar-refractivity contribution < 1.29 is 9.47 Å². The molecule has 2 unspecified atom stereocenters. The highest BCUT2D eigenvalue weighted by molar-refractivity contribution is 5.25. The lowest BCUT2D eigenvalue weighted by molar-refractivity contribution is -0.294. The Morgan fingerprint density at radius 2 is 1.48 bits per heavy atom. The van der Waals surface area contributed by atoms with Crippen LogP contribution in [-0.4, -0.2) is 25.1 Å². The van der Waals surface area contributed by atoms with Crippen LogP contribution in [0, 0.1) is 0 Å². The lowest BCUT2D eigenvalue weighted by atomic mass is 9.99. The van der Waals surface area contributed by atoms with Gasteiger partial charge in [0.1, 0.15) is 0 Å². The van der Waals surface area contributed by atoms with Gasteiger partial charge in [-0.2, -0.15) is 0 Å². The molecule has 0 aromatic heterocycles. The molecule has 0 radical (unpaired) electrons. The van der Waals surface area contributed by atoms with Gasteiger partial charge in [-0.1, -0.05) is 91.0 Å². The van der Waals surface area contributed by atoms with E-state index in [-0.39, 0.29) is 6.10 Å². The van der Waals surface area contributed by atoms with Gasteiger partial charge in [0.05, 0.1) is 12.6 Å². The van der Waals surface area contributed by atoms with Crippen molar-refractivity contribution in [3.63, 3.8) is 0 Å². The first kappa shape index (κ1) is 17.9. The first-order valence-corrected chi connectivity index (χ1v) is 9.39. The summed E-state index contributed by atoms with van der Waals surface area (Å²) in [5, 5.41) is 0. The van der Waals surface area contributed by atoms with Crippen LogP contribution in [0.1, 0.15) is 22.8 Å². The van der Waals surface area contributed by atoms with Crippen LogP contribution in [0.4, 0.5) is 0 Å². The van der Waals surface area contributed by atoms with Crippen LogP contribution in [0.2, 0.25) is 0 Å². The molecular weight excluding hydrogens is 334 g/mol. The number of morpholine rings is 1. The summed E-state index contributed by atoms with van der Waals surface area (Å²) in [5.41, 5.74) is 3.52. The van der Waals surface area contributed by atoms with Gasteiger partial charge in [-0.3, -0.25) is 4.90 Å². The Morgan fingerprint density at radius 1 is 0.889 bits per heavy atom. The van der Waals surface area contributed by atoms with E-state index >= 15 is 0 Å². The Balaban J connectivity index is 1.68. The minimum Gasteiger partial charge on any atom is -0.348 e. The number of hydrogen-bond acceptors (Lipinski definition) is 3. The van der Waals surface area contributed by atoms with E-state index in [1.807, 2.05) is 24.3 Å². The zero-order chi connectivity index (χ0) is 18.5. The molecule has 0 amide bonds. The molecule has 27 heavy (non-hydrogen) atoms. The molecule has 138 valence electrons. The lowest BCUT2D eigenvalue weighted by Gasteiger charge is -2.45. The predicted molar refractivity (Wildman–Crippen MR) is 107 cm³/mol. The summed E-state index contributed by atoms with van der Waals surface area (Å²) in [6.45, 7) is 2.38. The highest BCUT2D eigenvalue weighted by Gasteiger charge is 2.43. The van der Waals surface area contributed by atoms with Crippen molar-refractivity contribution in [2.24, 2.45) is 0 Å². The lowest BCUT2D eigenvalue weighted by Crippen LogP contribution is -2.51. The number of benzene rings is 3. The highest BCUT2D eigenvalue weighted by Crippen LogP contribution is 2.39. The van der Waals surface area contributed by atoms with Gasteiger partial charge in [0.15, 0.2) is 0 Å². The summed E-state index contributed by atoms with van der Waals surface area (Å²) in [5.74, 6) is -0.783. The van der Waals surface area contributed by atoms with Gasteiger partial charge < -0.3 is 9.47 Å². The highest BCUT2D eigenvalue weighted by atomic mass is 16.7. The molecule has 1 aliphatic heterocycles. The minimum absolute atomic E-state index is 0.0520. The maximum Gasteiger partial charge on any atom is 0.208 e. The summed E-state index contributed by atoms with van der Waals surface area (Å²) in [6.07, 6.45) is -0.0520. The zero-order valence-electron chi connectivity index (χ0n) is 15.6. The Bertz CT molecular complexity index is 838. The summed E-state index contributed by atoms with van der Waals surface area (Å²) >= 11 is 0. The van der Waals surface area contributed by atoms with Gasteiger partial charge in [0, 0.05) is 25.8 Å². The molecule has 0 bridgehead atoms. The van der Waals surface area contributed by atoms with E-state index in [4.69, 9.17) is 9.47 Å². The molecule has 3 heteroatoms. The molecule has 3 aromatic rings. The molecule has 1 aliphatic rings. The quantitative estimate of drug-likeness (QED) is 0.656. The molecule has 1 heterocycles. The Labute approximate surface area is 161 Å². The van der Waals surface area contributed by atoms with Gasteiger partial charge in [-0.05, 0) is 11.1 Å². The molecule has 0 spiro atoms. The molecule has 0 N–H and O–H groups in total. The Hall–Kier alpha value is -2.46. The molecule has 1 saturated heterocycles. The standard InChI is InChI=1S/C24H25NO2/c1-26-24(22-15-9-4-10-16-22)19-25(17-20-11-5-2-6-12-20)18-23(27-24)21-13-7-3-8-14-21/h2-16,23H,17-19H2,1H3. The van der Waals surface area contributed by atoms with Gasteiger partial charge in [-0.15, -0.1) is 0 Å². The molecular formula is C24H25NO2. The number of methoxy groups -OCH3 is 1. The molecule has 3 aromatic carbocycles. The minimum atomic E-state index is -0.783. The van der Waals surface area contributed by atoms with Gasteiger partial charge in [-0.25, -0.2) is 0 Å². The summed E-state index contributed by atoms with van der Waals surface area (Å²) < 4.78 is 12.6. The number of rotatable bonds is 5. The van der Waals surface area contributed by atoms with E-state index in [1.54, 1.807) is 7.11 Å². The van der Waals surface area contributed by atoms with Gasteiger partial charge in [0.25, 0.3) is 0 Å². The second-order valence-corrected chi connectivity index (χ2v) is 7.00. The number of hydrogen-bond donors (Lipinski definition) is 0. The average molecular weight is 359 g/mol. The zero-order valence-corrected chi connectivity index (χ0v) is 15.6. The van der Waals surface area contributed by atoms with Gasteiger partial charge >= 0.3 is 0 Å². The third kappa shape index (κ3) is 3.96. The fraction of sp³-hybridized carbons (Fsp3) is 0.250. The Morgan fingerprint density at radius 3 is 2.11 bits per heavy atom. The summed E-state index contributed by atoms with van der Waals surface area (Å²) in [6, 6.07) is 31.2. The van der Waals surface area contributed by atoms with Crippen molar-refractivity contribution in [3.8, 4) is 0 Å². The number of nitrogens with zero attached hydrogens (tertiary/aromatic N) is 1. The smallest absolute Gasteiger partial charge is 0.208 e. The van der Waals surface area contributed by atoms with Crippen molar-refractivity contribution in [3.05, 3.63) is 108 Å². The van der Waals surface area contributed by atoms with E-state index < -0.39 is 5.79 Å². The fourth-order valence-corrected chi connectivity index (χ4v) is 3.78. The van der Waals surface area contributed by atoms with Crippen LogP contribution < -0.4 is 0 Å². The van der Waals surface area contributed by atoms with Crippen LogP contribution in [0.5, 0.6) is 0 Å². The van der Waals surface area contributed by atoms with Crippen molar-refractivity contribution in [2.75, 3.05) is 20.2 Å². The summed E-state index contributed by atoms with van der Waals surface area (Å²) in [4.78, 5) is 2.42. The van der Waals surface area contributed by atoms with Crippen LogP contribution in [0.15, 0.2) is 91.0 Å². The first-order valence-electron chi connectivity index (χ1n) is 9.39. The van der Waals surface area contributed by atoms with Crippen LogP contribution in [0.3, 0.4) is 0 Å². The van der Waals surface area contributed by atoms with E-state index in [0.717, 1.165) is 18.7 Å². The summed E-state index contributed by atoms with van der Waals surface area (Å²) in [7, 11) is 1.74.